The molecule has 0 saturated heterocycles. The van der Waals surface area contributed by atoms with Crippen molar-refractivity contribution in [1.82, 2.24) is 0 Å². The van der Waals surface area contributed by atoms with Gasteiger partial charge in [-0.3, -0.25) is 0 Å². The molecule has 5 heteroatoms. The van der Waals surface area contributed by atoms with Crippen LogP contribution < -0.4 is 0 Å². The summed E-state index contributed by atoms with van der Waals surface area (Å²) in [5.74, 6) is -0.923. The van der Waals surface area contributed by atoms with Gasteiger partial charge in [0, 0.05) is 17.8 Å². The summed E-state index contributed by atoms with van der Waals surface area (Å²) in [6, 6.07) is 13.4. The molecule has 0 heterocycles. The Morgan fingerprint density at radius 2 is 1.72 bits per heavy atom. The van der Waals surface area contributed by atoms with E-state index >= 15 is 0 Å². The first-order valence-electron chi connectivity index (χ1n) is 5.02. The summed E-state index contributed by atoms with van der Waals surface area (Å²) in [4.78, 5) is 13.0. The summed E-state index contributed by atoms with van der Waals surface area (Å²) in [7, 11) is 0. The zero-order valence-electron chi connectivity index (χ0n) is 9.06. The van der Waals surface area contributed by atoms with Crippen LogP contribution in [0.5, 0.6) is 0 Å². The molecule has 0 bridgehead atoms. The van der Waals surface area contributed by atoms with Crippen molar-refractivity contribution in [2.45, 2.75) is 9.79 Å². The minimum absolute atomic E-state index is 0.280. The highest BCUT2D eigenvalue weighted by atomic mass is 127. The number of carbonyl (C=O) groups is 1. The molecule has 0 radical (unpaired) electrons. The first kappa shape index (κ1) is 13.9. The topological polar surface area (TPSA) is 37.3 Å². The smallest absolute Gasteiger partial charge is 0.336 e. The number of carboxylic acids is 1. The second-order valence-corrected chi connectivity index (χ2v) is 6.75. The second kappa shape index (κ2) is 6.08. The summed E-state index contributed by atoms with van der Waals surface area (Å²) in [6.45, 7) is 0. The Hall–Kier alpha value is -0.530. The fourth-order valence-corrected chi connectivity index (χ4v) is 3.29. The lowest BCUT2D eigenvalue weighted by molar-refractivity contribution is 0.0696. The number of carboxylic acid groups (broad SMARTS) is 1. The summed E-state index contributed by atoms with van der Waals surface area (Å²) >= 11 is 7.14. The van der Waals surface area contributed by atoms with Crippen LogP contribution in [-0.4, -0.2) is 11.1 Å². The van der Waals surface area contributed by atoms with Gasteiger partial charge in [-0.05, 0) is 81.0 Å². The predicted molar refractivity (Wildman–Crippen MR) is 84.4 cm³/mol. The van der Waals surface area contributed by atoms with Gasteiger partial charge in [0.05, 0.1) is 5.56 Å². The molecule has 0 aliphatic carbocycles. The average Bonchev–Trinajstić information content (AvgIpc) is 2.32. The van der Waals surface area contributed by atoms with Crippen molar-refractivity contribution in [1.29, 1.82) is 0 Å². The van der Waals surface area contributed by atoms with Crippen LogP contribution in [0.25, 0.3) is 0 Å². The molecule has 0 unspecified atom stereocenters. The molecule has 92 valence electrons. The lowest BCUT2D eigenvalue weighted by Crippen LogP contribution is -1.96. The molecule has 2 aromatic rings. The zero-order chi connectivity index (χ0) is 13.1. The largest absolute Gasteiger partial charge is 0.478 e. The first-order valence-corrected chi connectivity index (χ1v) is 7.71. The van der Waals surface area contributed by atoms with Crippen LogP contribution in [-0.2, 0) is 0 Å². The van der Waals surface area contributed by atoms with Gasteiger partial charge in [-0.15, -0.1) is 0 Å². The van der Waals surface area contributed by atoms with Crippen molar-refractivity contribution in [3.8, 4) is 0 Å². The van der Waals surface area contributed by atoms with Gasteiger partial charge in [0.15, 0.2) is 0 Å². The predicted octanol–water partition coefficient (Wildman–Crippen LogP) is 4.90. The molecule has 0 spiro atoms. The molecule has 0 aliphatic rings. The first-order chi connectivity index (χ1) is 8.56. The molecule has 0 aliphatic heterocycles. The van der Waals surface area contributed by atoms with Crippen molar-refractivity contribution in [2.75, 3.05) is 0 Å². The van der Waals surface area contributed by atoms with Gasteiger partial charge in [-0.25, -0.2) is 4.79 Å². The molecule has 0 amide bonds. The van der Waals surface area contributed by atoms with E-state index < -0.39 is 5.97 Å². The third-order valence-corrected chi connectivity index (χ3v) is 4.59. The molecule has 2 nitrogen and oxygen atoms in total. The Labute approximate surface area is 131 Å². The van der Waals surface area contributed by atoms with E-state index in [-0.39, 0.29) is 5.56 Å². The van der Waals surface area contributed by atoms with Crippen LogP contribution in [0.3, 0.4) is 0 Å². The van der Waals surface area contributed by atoms with Crippen LogP contribution >= 0.6 is 50.3 Å². The van der Waals surface area contributed by atoms with Gasteiger partial charge in [0.25, 0.3) is 0 Å². The van der Waals surface area contributed by atoms with E-state index in [9.17, 15) is 4.79 Å². The van der Waals surface area contributed by atoms with Gasteiger partial charge >= 0.3 is 5.97 Å². The third-order valence-electron chi connectivity index (χ3n) is 2.22. The quantitative estimate of drug-likeness (QED) is 0.698. The molecule has 2 aromatic carbocycles. The van der Waals surface area contributed by atoms with E-state index in [1.54, 1.807) is 17.8 Å². The fourth-order valence-electron chi connectivity index (χ4n) is 1.37. The molecule has 1 N–H and O–H groups in total. The number of rotatable bonds is 3. The highest BCUT2D eigenvalue weighted by Gasteiger charge is 2.08. The standard InChI is InChI=1S/C13H8BrIO2S/c14-12-7-10(5-6-11(12)13(16)17)18-9-3-1-8(15)2-4-9/h1-7H,(H,16,17). The maximum atomic E-state index is 10.9. The van der Waals surface area contributed by atoms with E-state index in [1.165, 1.54) is 3.57 Å². The van der Waals surface area contributed by atoms with Gasteiger partial charge in [0.2, 0.25) is 0 Å². The lowest BCUT2D eigenvalue weighted by atomic mass is 10.2. The monoisotopic (exact) mass is 434 g/mol. The van der Waals surface area contributed by atoms with Gasteiger partial charge < -0.3 is 5.11 Å². The van der Waals surface area contributed by atoms with Crippen molar-refractivity contribution in [2.24, 2.45) is 0 Å². The summed E-state index contributed by atoms with van der Waals surface area (Å²) < 4.78 is 1.80. The minimum atomic E-state index is -0.923. The Morgan fingerprint density at radius 1 is 1.11 bits per heavy atom. The van der Waals surface area contributed by atoms with Crippen LogP contribution in [0.2, 0.25) is 0 Å². The van der Waals surface area contributed by atoms with Gasteiger partial charge in [0.1, 0.15) is 0 Å². The third kappa shape index (κ3) is 3.49. The molecular formula is C13H8BrIO2S. The van der Waals surface area contributed by atoms with Crippen LogP contribution in [0, 0.1) is 3.57 Å². The maximum absolute atomic E-state index is 10.9. The highest BCUT2D eigenvalue weighted by Crippen LogP contribution is 2.31. The highest BCUT2D eigenvalue weighted by molar-refractivity contribution is 14.1. The second-order valence-electron chi connectivity index (χ2n) is 3.50. The number of halogens is 2. The summed E-state index contributed by atoms with van der Waals surface area (Å²) in [6.07, 6.45) is 0. The maximum Gasteiger partial charge on any atom is 0.336 e. The Morgan fingerprint density at radius 3 is 2.28 bits per heavy atom. The van der Waals surface area contributed by atoms with Crippen LogP contribution in [0.15, 0.2) is 56.7 Å². The molecule has 0 fully saturated rings. The van der Waals surface area contributed by atoms with E-state index in [4.69, 9.17) is 5.11 Å². The summed E-state index contributed by atoms with van der Waals surface area (Å²) in [5.41, 5.74) is 0.280. The Bertz CT molecular complexity index is 584. The van der Waals surface area contributed by atoms with E-state index in [2.05, 4.69) is 38.5 Å². The Kier molecular flexibility index (Phi) is 4.69. The van der Waals surface area contributed by atoms with E-state index in [1.807, 2.05) is 36.4 Å². The molecule has 0 aromatic heterocycles. The number of hydrogen-bond donors (Lipinski definition) is 1. The van der Waals surface area contributed by atoms with E-state index in [0.717, 1.165) is 9.79 Å². The molecule has 0 saturated carbocycles. The summed E-state index contributed by atoms with van der Waals surface area (Å²) in [5, 5.41) is 8.94. The molecule has 2 rings (SSSR count). The molecular weight excluding hydrogens is 427 g/mol. The normalized spacial score (nSPS) is 10.3. The van der Waals surface area contributed by atoms with E-state index in [0.29, 0.717) is 4.47 Å². The van der Waals surface area contributed by atoms with Crippen molar-refractivity contribution < 1.29 is 9.90 Å². The van der Waals surface area contributed by atoms with Crippen molar-refractivity contribution >= 4 is 56.3 Å². The number of aromatic carboxylic acids is 1. The van der Waals surface area contributed by atoms with Gasteiger partial charge in [-0.1, -0.05) is 11.8 Å². The van der Waals surface area contributed by atoms with Crippen molar-refractivity contribution in [3.63, 3.8) is 0 Å². The SMILES string of the molecule is O=C(O)c1ccc(Sc2ccc(I)cc2)cc1Br. The van der Waals surface area contributed by atoms with Crippen molar-refractivity contribution in [3.05, 3.63) is 56.1 Å². The molecule has 18 heavy (non-hydrogen) atoms. The van der Waals surface area contributed by atoms with Gasteiger partial charge in [-0.2, -0.15) is 0 Å². The Balaban J connectivity index is 2.22. The number of benzene rings is 2. The zero-order valence-corrected chi connectivity index (χ0v) is 13.6. The average molecular weight is 435 g/mol. The van der Waals surface area contributed by atoms with Crippen LogP contribution in [0.4, 0.5) is 0 Å². The van der Waals surface area contributed by atoms with Crippen LogP contribution in [0.1, 0.15) is 10.4 Å². The fraction of sp³-hybridized carbons (Fsp3) is 0. The molecule has 0 atom stereocenters. The minimum Gasteiger partial charge on any atom is -0.478 e. The lowest BCUT2D eigenvalue weighted by Gasteiger charge is -2.04. The number of hydrogen-bond acceptors (Lipinski definition) is 2.